The molecule has 0 radical (unpaired) electrons. The number of anilines is 1. The number of aromatic nitrogens is 4. The van der Waals surface area contributed by atoms with Gasteiger partial charge in [0.1, 0.15) is 11.1 Å². The molecule has 3 N–H and O–H groups in total. The Morgan fingerprint density at radius 1 is 1.19 bits per heavy atom. The minimum Gasteiger partial charge on any atom is -0.492 e. The number of ether oxygens (including phenoxy) is 1. The Hall–Kier alpha value is -4.11. The van der Waals surface area contributed by atoms with Crippen molar-refractivity contribution in [3.8, 4) is 29.6 Å². The predicted octanol–water partition coefficient (Wildman–Crippen LogP) is 3.86. The quantitative estimate of drug-likeness (QED) is 0.535. The van der Waals surface area contributed by atoms with E-state index in [1.165, 1.54) is 6.08 Å². The van der Waals surface area contributed by atoms with Crippen molar-refractivity contribution in [2.24, 2.45) is 5.41 Å². The van der Waals surface area contributed by atoms with Gasteiger partial charge in [-0.2, -0.15) is 20.5 Å². The first kappa shape index (κ1) is 18.9. The molecule has 31 heavy (non-hydrogen) atoms. The third-order valence-electron chi connectivity index (χ3n) is 6.04. The summed E-state index contributed by atoms with van der Waals surface area (Å²) >= 11 is 0. The van der Waals surface area contributed by atoms with Crippen molar-refractivity contribution < 1.29 is 9.84 Å². The second-order valence-corrected chi connectivity index (χ2v) is 8.50. The Labute approximate surface area is 178 Å². The Kier molecular flexibility index (Phi) is 3.93. The van der Waals surface area contributed by atoms with Crippen LogP contribution in [0.15, 0.2) is 18.2 Å². The fraction of sp³-hybridized carbons (Fsp3) is 0.318. The maximum absolute atomic E-state index is 10.2. The van der Waals surface area contributed by atoms with E-state index in [1.807, 2.05) is 32.0 Å². The average molecular weight is 413 g/mol. The van der Waals surface area contributed by atoms with Gasteiger partial charge in [-0.05, 0) is 68.0 Å². The van der Waals surface area contributed by atoms with Crippen molar-refractivity contribution in [3.63, 3.8) is 0 Å². The SMILES string of the molecule is Cc1cc(/C=C/C#N)cc(C)c1Oc1nc(NC23CC(C#N)(C2)C3)nc2[nH]nc(O)c12. The van der Waals surface area contributed by atoms with E-state index in [-0.39, 0.29) is 22.7 Å². The van der Waals surface area contributed by atoms with Gasteiger partial charge < -0.3 is 15.2 Å². The number of allylic oxidation sites excluding steroid dienone is 1. The number of H-pyrrole nitrogens is 1. The van der Waals surface area contributed by atoms with Gasteiger partial charge in [-0.1, -0.05) is 0 Å². The second kappa shape index (κ2) is 6.44. The average Bonchev–Trinajstić information content (AvgIpc) is 3.05. The second-order valence-electron chi connectivity index (χ2n) is 8.50. The van der Waals surface area contributed by atoms with Crippen molar-refractivity contribution in [2.75, 3.05) is 5.32 Å². The summed E-state index contributed by atoms with van der Waals surface area (Å²) in [4.78, 5) is 8.95. The van der Waals surface area contributed by atoms with Crippen LogP contribution in [-0.2, 0) is 0 Å². The Morgan fingerprint density at radius 2 is 1.90 bits per heavy atom. The smallest absolute Gasteiger partial charge is 0.245 e. The number of aromatic hydroxyl groups is 1. The highest BCUT2D eigenvalue weighted by Gasteiger charge is 2.69. The number of hydrogen-bond acceptors (Lipinski definition) is 8. The summed E-state index contributed by atoms with van der Waals surface area (Å²) in [6, 6.07) is 8.19. The van der Waals surface area contributed by atoms with Crippen LogP contribution in [0.3, 0.4) is 0 Å². The predicted molar refractivity (Wildman–Crippen MR) is 112 cm³/mol. The Bertz CT molecular complexity index is 1300. The standard InChI is InChI=1S/C22H19N7O2/c1-12-6-14(4-3-5-23)7-13(2)16(12)31-19-15-17(28-29-18(15)30)25-20(26-19)27-22-8-21(9-22,10-22)11-24/h3-4,6-7H,8-10H2,1-2H3,(H3,25,26,27,28,29,30)/b4-3+. The number of nitrogens with one attached hydrogen (secondary N) is 2. The molecule has 154 valence electrons. The van der Waals surface area contributed by atoms with Crippen LogP contribution in [0.2, 0.25) is 0 Å². The lowest BCUT2D eigenvalue weighted by atomic mass is 9.40. The lowest BCUT2D eigenvalue weighted by Crippen LogP contribution is -2.70. The molecule has 3 aliphatic rings. The number of hydrogen-bond donors (Lipinski definition) is 3. The number of fused-ring (bicyclic) bond motifs is 1. The third-order valence-corrected chi connectivity index (χ3v) is 6.04. The summed E-state index contributed by atoms with van der Waals surface area (Å²) in [5, 5.41) is 38.4. The molecular formula is C22H19N7O2. The highest BCUT2D eigenvalue weighted by atomic mass is 16.5. The molecule has 9 heteroatoms. The number of nitrogens with zero attached hydrogens (tertiary/aromatic N) is 5. The van der Waals surface area contributed by atoms with Gasteiger partial charge >= 0.3 is 0 Å². The van der Waals surface area contributed by atoms with Crippen molar-refractivity contribution in [1.82, 2.24) is 20.2 Å². The number of aryl methyl sites for hydroxylation is 2. The molecule has 3 aromatic rings. The maximum atomic E-state index is 10.2. The van der Waals surface area contributed by atoms with Crippen molar-refractivity contribution >= 4 is 23.1 Å². The van der Waals surface area contributed by atoms with E-state index in [9.17, 15) is 10.4 Å². The zero-order valence-electron chi connectivity index (χ0n) is 17.0. The van der Waals surface area contributed by atoms with Crippen LogP contribution in [0.5, 0.6) is 17.5 Å². The minimum atomic E-state index is -0.241. The highest BCUT2D eigenvalue weighted by Crippen LogP contribution is 2.67. The first-order chi connectivity index (χ1) is 14.9. The van der Waals surface area contributed by atoms with Crippen LogP contribution in [0.25, 0.3) is 17.1 Å². The molecule has 3 aliphatic carbocycles. The molecule has 9 nitrogen and oxygen atoms in total. The molecule has 6 rings (SSSR count). The fourth-order valence-electron chi connectivity index (χ4n) is 4.76. The lowest BCUT2D eigenvalue weighted by Gasteiger charge is -2.66. The lowest BCUT2D eigenvalue weighted by molar-refractivity contribution is -0.0665. The summed E-state index contributed by atoms with van der Waals surface area (Å²) < 4.78 is 6.16. The Morgan fingerprint density at radius 3 is 2.55 bits per heavy atom. The molecule has 0 aliphatic heterocycles. The van der Waals surface area contributed by atoms with Gasteiger partial charge in [0.2, 0.25) is 17.7 Å². The molecule has 2 bridgehead atoms. The van der Waals surface area contributed by atoms with Crippen molar-refractivity contribution in [2.45, 2.75) is 38.6 Å². The molecule has 3 saturated carbocycles. The molecule has 0 saturated heterocycles. The monoisotopic (exact) mass is 413 g/mol. The summed E-state index contributed by atoms with van der Waals surface area (Å²) in [6.07, 6.45) is 5.48. The molecular weight excluding hydrogens is 394 g/mol. The largest absolute Gasteiger partial charge is 0.492 e. The van der Waals surface area contributed by atoms with Crippen LogP contribution in [0, 0.1) is 41.9 Å². The number of nitriles is 2. The number of benzene rings is 1. The minimum absolute atomic E-state index is 0.150. The third kappa shape index (κ3) is 2.94. The van der Waals surface area contributed by atoms with E-state index < -0.39 is 0 Å². The topological polar surface area (TPSA) is 144 Å². The molecule has 1 aromatic carbocycles. The summed E-state index contributed by atoms with van der Waals surface area (Å²) in [7, 11) is 0. The molecule has 3 fully saturated rings. The molecule has 0 spiro atoms. The van der Waals surface area contributed by atoms with E-state index in [2.05, 4.69) is 31.6 Å². The van der Waals surface area contributed by atoms with E-state index in [0.29, 0.717) is 22.7 Å². The van der Waals surface area contributed by atoms with Crippen LogP contribution < -0.4 is 10.1 Å². The molecule has 2 aromatic heterocycles. The maximum Gasteiger partial charge on any atom is 0.245 e. The normalized spacial score (nSPS) is 23.6. The van der Waals surface area contributed by atoms with Crippen LogP contribution in [0.1, 0.15) is 36.0 Å². The molecule has 0 amide bonds. The highest BCUT2D eigenvalue weighted by molar-refractivity contribution is 5.87. The van der Waals surface area contributed by atoms with Gasteiger partial charge in [-0.15, -0.1) is 5.10 Å². The van der Waals surface area contributed by atoms with E-state index in [1.54, 1.807) is 6.08 Å². The fourth-order valence-corrected chi connectivity index (χ4v) is 4.76. The first-order valence-corrected chi connectivity index (χ1v) is 9.86. The van der Waals surface area contributed by atoms with Crippen LogP contribution in [-0.4, -0.2) is 30.8 Å². The van der Waals surface area contributed by atoms with Crippen molar-refractivity contribution in [1.29, 1.82) is 10.5 Å². The summed E-state index contributed by atoms with van der Waals surface area (Å²) in [5.41, 5.74) is 2.62. The van der Waals surface area contributed by atoms with Gasteiger partial charge in [0.05, 0.1) is 17.6 Å². The number of aromatic amines is 1. The molecule has 0 atom stereocenters. The van der Waals surface area contributed by atoms with Crippen molar-refractivity contribution in [3.05, 3.63) is 34.9 Å². The van der Waals surface area contributed by atoms with Gasteiger partial charge in [-0.25, -0.2) is 0 Å². The zero-order chi connectivity index (χ0) is 21.8. The van der Waals surface area contributed by atoms with Gasteiger partial charge in [0.15, 0.2) is 5.65 Å². The molecule has 0 unspecified atom stereocenters. The van der Waals surface area contributed by atoms with Crippen LogP contribution >= 0.6 is 0 Å². The zero-order valence-corrected chi connectivity index (χ0v) is 17.0. The van der Waals surface area contributed by atoms with Gasteiger partial charge in [-0.3, -0.25) is 5.10 Å². The van der Waals surface area contributed by atoms with E-state index in [4.69, 9.17) is 10.00 Å². The Balaban J connectivity index is 1.50. The van der Waals surface area contributed by atoms with Gasteiger partial charge in [0, 0.05) is 11.6 Å². The number of rotatable bonds is 5. The summed E-state index contributed by atoms with van der Waals surface area (Å²) in [5.74, 6) is 0.914. The van der Waals surface area contributed by atoms with E-state index in [0.717, 1.165) is 36.0 Å². The van der Waals surface area contributed by atoms with Crippen LogP contribution in [0.4, 0.5) is 5.95 Å². The van der Waals surface area contributed by atoms with Gasteiger partial charge in [0.25, 0.3) is 0 Å². The van der Waals surface area contributed by atoms with E-state index >= 15 is 0 Å². The first-order valence-electron chi connectivity index (χ1n) is 9.86. The molecule has 2 heterocycles. The summed E-state index contributed by atoms with van der Waals surface area (Å²) in [6.45, 7) is 3.81.